The van der Waals surface area contributed by atoms with E-state index in [1.165, 1.54) is 0 Å². The number of rotatable bonds is 2. The first-order valence-electron chi connectivity index (χ1n) is 5.53. The van der Waals surface area contributed by atoms with Crippen molar-refractivity contribution in [3.8, 4) is 5.75 Å². The lowest BCUT2D eigenvalue weighted by molar-refractivity contribution is 0.112. The predicted octanol–water partition coefficient (Wildman–Crippen LogP) is 3.72. The molecular formula is C14H11NO2S. The summed E-state index contributed by atoms with van der Waals surface area (Å²) in [4.78, 5) is 13.4. The molecule has 1 heterocycles. The largest absolute Gasteiger partial charge is 0.496 e. The first kappa shape index (κ1) is 11.2. The molecule has 2 aromatic rings. The van der Waals surface area contributed by atoms with E-state index in [0.29, 0.717) is 11.3 Å². The first-order valence-corrected chi connectivity index (χ1v) is 6.35. The van der Waals surface area contributed by atoms with E-state index in [0.717, 1.165) is 27.5 Å². The van der Waals surface area contributed by atoms with Crippen molar-refractivity contribution in [2.75, 3.05) is 12.4 Å². The molecule has 3 nitrogen and oxygen atoms in total. The summed E-state index contributed by atoms with van der Waals surface area (Å²) in [6, 6.07) is 11.8. The highest BCUT2D eigenvalue weighted by Gasteiger charge is 2.20. The van der Waals surface area contributed by atoms with Gasteiger partial charge in [-0.1, -0.05) is 23.9 Å². The van der Waals surface area contributed by atoms with Crippen LogP contribution in [0.15, 0.2) is 46.2 Å². The van der Waals surface area contributed by atoms with Crippen molar-refractivity contribution in [2.45, 2.75) is 9.79 Å². The second kappa shape index (κ2) is 4.38. The smallest absolute Gasteiger partial charge is 0.155 e. The molecule has 1 aliphatic rings. The minimum atomic E-state index is 0.567. The summed E-state index contributed by atoms with van der Waals surface area (Å²) in [6.45, 7) is 0. The molecule has 4 heteroatoms. The molecule has 0 spiro atoms. The van der Waals surface area contributed by atoms with Crippen LogP contribution in [0, 0.1) is 0 Å². The van der Waals surface area contributed by atoms with E-state index in [1.807, 2.05) is 30.3 Å². The lowest BCUT2D eigenvalue weighted by atomic mass is 10.1. The molecule has 0 atom stereocenters. The van der Waals surface area contributed by atoms with Gasteiger partial charge in [0.25, 0.3) is 0 Å². The van der Waals surface area contributed by atoms with E-state index in [1.54, 1.807) is 18.9 Å². The van der Waals surface area contributed by atoms with Crippen LogP contribution in [0.25, 0.3) is 0 Å². The van der Waals surface area contributed by atoms with Crippen molar-refractivity contribution in [2.24, 2.45) is 0 Å². The highest BCUT2D eigenvalue weighted by molar-refractivity contribution is 7.99. The summed E-state index contributed by atoms with van der Waals surface area (Å²) in [7, 11) is 1.57. The zero-order valence-corrected chi connectivity index (χ0v) is 10.6. The van der Waals surface area contributed by atoms with Crippen LogP contribution < -0.4 is 10.1 Å². The Labute approximate surface area is 109 Å². The van der Waals surface area contributed by atoms with E-state index in [9.17, 15) is 4.79 Å². The van der Waals surface area contributed by atoms with Gasteiger partial charge in [0.1, 0.15) is 5.75 Å². The number of benzene rings is 2. The van der Waals surface area contributed by atoms with Gasteiger partial charge in [0, 0.05) is 9.79 Å². The van der Waals surface area contributed by atoms with Gasteiger partial charge in [-0.15, -0.1) is 0 Å². The number of anilines is 2. The molecule has 3 rings (SSSR count). The fourth-order valence-corrected chi connectivity index (χ4v) is 3.01. The Bertz CT molecular complexity index is 625. The SMILES string of the molecule is COc1ccc2c(c1C=O)Nc1ccccc1S2. The standard InChI is InChI=1S/C14H11NO2S/c1-17-11-6-7-13-14(9(11)8-16)15-10-4-2-3-5-12(10)18-13/h2-8,15H,1H3. The fraction of sp³-hybridized carbons (Fsp3) is 0.0714. The van der Waals surface area contributed by atoms with E-state index in [4.69, 9.17) is 4.74 Å². The Morgan fingerprint density at radius 3 is 2.78 bits per heavy atom. The Hall–Kier alpha value is -1.94. The lowest BCUT2D eigenvalue weighted by Gasteiger charge is -2.22. The summed E-state index contributed by atoms with van der Waals surface area (Å²) >= 11 is 1.65. The molecule has 0 radical (unpaired) electrons. The Morgan fingerprint density at radius 2 is 2.00 bits per heavy atom. The van der Waals surface area contributed by atoms with Gasteiger partial charge >= 0.3 is 0 Å². The summed E-state index contributed by atoms with van der Waals surface area (Å²) in [6.07, 6.45) is 0.832. The minimum absolute atomic E-state index is 0.567. The Morgan fingerprint density at radius 1 is 1.17 bits per heavy atom. The molecule has 0 aromatic heterocycles. The van der Waals surface area contributed by atoms with Crippen molar-refractivity contribution in [3.05, 3.63) is 42.0 Å². The fourth-order valence-electron chi connectivity index (χ4n) is 2.00. The van der Waals surface area contributed by atoms with Gasteiger partial charge in [0.2, 0.25) is 0 Å². The molecule has 0 aliphatic carbocycles. The minimum Gasteiger partial charge on any atom is -0.496 e. The molecule has 0 saturated heterocycles. The van der Waals surface area contributed by atoms with E-state index < -0.39 is 0 Å². The first-order chi connectivity index (χ1) is 8.83. The summed E-state index contributed by atoms with van der Waals surface area (Å²) in [5.74, 6) is 0.594. The molecule has 90 valence electrons. The van der Waals surface area contributed by atoms with Crippen LogP contribution in [0.4, 0.5) is 11.4 Å². The Balaban J connectivity index is 2.15. The molecule has 2 aromatic carbocycles. The third-order valence-electron chi connectivity index (χ3n) is 2.87. The van der Waals surface area contributed by atoms with Crippen LogP contribution in [0.3, 0.4) is 0 Å². The average molecular weight is 257 g/mol. The number of hydrogen-bond acceptors (Lipinski definition) is 4. The zero-order valence-electron chi connectivity index (χ0n) is 9.77. The van der Waals surface area contributed by atoms with Crippen LogP contribution in [0.1, 0.15) is 10.4 Å². The number of hydrogen-bond donors (Lipinski definition) is 1. The molecule has 1 N–H and O–H groups in total. The maximum Gasteiger partial charge on any atom is 0.155 e. The molecule has 1 aliphatic heterocycles. The van der Waals surface area contributed by atoms with Gasteiger partial charge in [0.15, 0.2) is 6.29 Å². The molecular weight excluding hydrogens is 246 g/mol. The topological polar surface area (TPSA) is 38.3 Å². The second-order valence-electron chi connectivity index (χ2n) is 3.90. The van der Waals surface area contributed by atoms with Crippen LogP contribution >= 0.6 is 11.8 Å². The Kier molecular flexibility index (Phi) is 2.72. The van der Waals surface area contributed by atoms with Crippen molar-refractivity contribution in [1.29, 1.82) is 0 Å². The lowest BCUT2D eigenvalue weighted by Crippen LogP contribution is -2.04. The number of aldehydes is 1. The van der Waals surface area contributed by atoms with Gasteiger partial charge < -0.3 is 10.1 Å². The maximum atomic E-state index is 11.2. The number of para-hydroxylation sites is 1. The number of carbonyl (C=O) groups is 1. The number of carbonyl (C=O) groups excluding carboxylic acids is 1. The molecule has 0 amide bonds. The molecule has 0 saturated carbocycles. The van der Waals surface area contributed by atoms with Gasteiger partial charge in [-0.3, -0.25) is 4.79 Å². The summed E-state index contributed by atoms with van der Waals surface area (Å²) < 4.78 is 5.21. The van der Waals surface area contributed by atoms with E-state index in [2.05, 4.69) is 11.4 Å². The van der Waals surface area contributed by atoms with Gasteiger partial charge in [-0.25, -0.2) is 0 Å². The maximum absolute atomic E-state index is 11.2. The van der Waals surface area contributed by atoms with Gasteiger partial charge in [-0.05, 0) is 24.3 Å². The van der Waals surface area contributed by atoms with E-state index in [-0.39, 0.29) is 0 Å². The third kappa shape index (κ3) is 1.66. The monoisotopic (exact) mass is 257 g/mol. The normalized spacial score (nSPS) is 12.1. The van der Waals surface area contributed by atoms with Crippen molar-refractivity contribution >= 4 is 29.4 Å². The number of fused-ring (bicyclic) bond motifs is 2. The van der Waals surface area contributed by atoms with Crippen LogP contribution in [-0.4, -0.2) is 13.4 Å². The van der Waals surface area contributed by atoms with Crippen molar-refractivity contribution in [3.63, 3.8) is 0 Å². The quantitative estimate of drug-likeness (QED) is 0.710. The van der Waals surface area contributed by atoms with Gasteiger partial charge in [-0.2, -0.15) is 0 Å². The number of ether oxygens (including phenoxy) is 1. The van der Waals surface area contributed by atoms with Crippen LogP contribution in [0.5, 0.6) is 5.75 Å². The highest BCUT2D eigenvalue weighted by atomic mass is 32.2. The highest BCUT2D eigenvalue weighted by Crippen LogP contribution is 2.46. The summed E-state index contributed by atoms with van der Waals surface area (Å²) in [5.41, 5.74) is 2.41. The molecule has 0 unspecified atom stereocenters. The molecule has 0 fully saturated rings. The van der Waals surface area contributed by atoms with Crippen molar-refractivity contribution < 1.29 is 9.53 Å². The van der Waals surface area contributed by atoms with E-state index >= 15 is 0 Å². The zero-order chi connectivity index (χ0) is 12.5. The van der Waals surface area contributed by atoms with Crippen LogP contribution in [-0.2, 0) is 0 Å². The molecule has 0 bridgehead atoms. The predicted molar refractivity (Wildman–Crippen MR) is 72.2 cm³/mol. The van der Waals surface area contributed by atoms with Crippen molar-refractivity contribution in [1.82, 2.24) is 0 Å². The molecule has 18 heavy (non-hydrogen) atoms. The summed E-state index contributed by atoms with van der Waals surface area (Å²) in [5, 5.41) is 3.30. The van der Waals surface area contributed by atoms with Gasteiger partial charge in [0.05, 0.1) is 24.0 Å². The second-order valence-corrected chi connectivity index (χ2v) is 4.98. The number of nitrogens with one attached hydrogen (secondary N) is 1. The number of methoxy groups -OCH3 is 1. The average Bonchev–Trinajstić information content (AvgIpc) is 2.43. The van der Waals surface area contributed by atoms with Crippen LogP contribution in [0.2, 0.25) is 0 Å². The third-order valence-corrected chi connectivity index (χ3v) is 4.01.